The van der Waals surface area contributed by atoms with Gasteiger partial charge in [0.05, 0.1) is 17.5 Å². The molecule has 0 atom stereocenters. The fourth-order valence-corrected chi connectivity index (χ4v) is 1.74. The lowest BCUT2D eigenvalue weighted by Gasteiger charge is -2.09. The van der Waals surface area contributed by atoms with E-state index >= 15 is 0 Å². The van der Waals surface area contributed by atoms with E-state index in [1.165, 1.54) is 18.3 Å². The van der Waals surface area contributed by atoms with Crippen molar-refractivity contribution >= 4 is 11.9 Å². The number of anilines is 1. The number of nitrogens with zero attached hydrogens (tertiary/aromatic N) is 1. The average Bonchev–Trinajstić information content (AvgIpc) is 2.40. The molecule has 5 heteroatoms. The predicted molar refractivity (Wildman–Crippen MR) is 73.8 cm³/mol. The predicted octanol–water partition coefficient (Wildman–Crippen LogP) is 4.46. The van der Waals surface area contributed by atoms with Crippen molar-refractivity contribution in [1.82, 2.24) is 0 Å². The second-order valence-corrected chi connectivity index (χ2v) is 4.27. The van der Waals surface area contributed by atoms with Gasteiger partial charge in [-0.15, -0.1) is 0 Å². The number of aryl methyl sites for hydroxylation is 1. The summed E-state index contributed by atoms with van der Waals surface area (Å²) in [5.41, 5.74) is 3.80. The summed E-state index contributed by atoms with van der Waals surface area (Å²) in [5.74, 6) is 0. The van der Waals surface area contributed by atoms with Gasteiger partial charge in [-0.2, -0.15) is 18.3 Å². The maximum atomic E-state index is 12.8. The summed E-state index contributed by atoms with van der Waals surface area (Å²) in [6, 6.07) is 12.7. The maximum Gasteiger partial charge on any atom is 0.417 e. The zero-order chi connectivity index (χ0) is 14.6. The molecule has 0 saturated carbocycles. The second-order valence-electron chi connectivity index (χ2n) is 4.27. The third kappa shape index (κ3) is 3.38. The van der Waals surface area contributed by atoms with Crippen LogP contribution in [0.5, 0.6) is 0 Å². The molecule has 20 heavy (non-hydrogen) atoms. The SMILES string of the molecule is Cc1ccccc1N/N=C\c1ccccc1C(F)(F)F. The summed E-state index contributed by atoms with van der Waals surface area (Å²) in [7, 11) is 0. The Labute approximate surface area is 114 Å². The zero-order valence-corrected chi connectivity index (χ0v) is 10.8. The summed E-state index contributed by atoms with van der Waals surface area (Å²) in [6.45, 7) is 1.89. The minimum Gasteiger partial charge on any atom is -0.278 e. The first-order chi connectivity index (χ1) is 9.48. The Morgan fingerprint density at radius 1 is 1.00 bits per heavy atom. The molecule has 0 saturated heterocycles. The van der Waals surface area contributed by atoms with Gasteiger partial charge in [0.15, 0.2) is 0 Å². The van der Waals surface area contributed by atoms with E-state index in [2.05, 4.69) is 10.5 Å². The van der Waals surface area contributed by atoms with Crippen LogP contribution < -0.4 is 5.43 Å². The smallest absolute Gasteiger partial charge is 0.278 e. The number of hydrazone groups is 1. The molecular formula is C15H13F3N2. The first-order valence-electron chi connectivity index (χ1n) is 5.99. The number of rotatable bonds is 3. The highest BCUT2D eigenvalue weighted by molar-refractivity contribution is 5.82. The van der Waals surface area contributed by atoms with Crippen molar-refractivity contribution in [3.63, 3.8) is 0 Å². The van der Waals surface area contributed by atoms with E-state index in [1.54, 1.807) is 6.07 Å². The molecule has 0 amide bonds. The number of hydrogen-bond acceptors (Lipinski definition) is 2. The Morgan fingerprint density at radius 3 is 2.35 bits per heavy atom. The van der Waals surface area contributed by atoms with E-state index < -0.39 is 11.7 Å². The number of hydrogen-bond donors (Lipinski definition) is 1. The van der Waals surface area contributed by atoms with Gasteiger partial charge in [0.2, 0.25) is 0 Å². The maximum absolute atomic E-state index is 12.8. The van der Waals surface area contributed by atoms with Crippen molar-refractivity contribution in [3.8, 4) is 0 Å². The van der Waals surface area contributed by atoms with Gasteiger partial charge in [-0.05, 0) is 24.6 Å². The van der Waals surface area contributed by atoms with Crippen LogP contribution in [0, 0.1) is 6.92 Å². The third-order valence-corrected chi connectivity index (χ3v) is 2.80. The molecule has 0 aliphatic rings. The number of para-hydroxylation sites is 1. The quantitative estimate of drug-likeness (QED) is 0.650. The monoisotopic (exact) mass is 278 g/mol. The topological polar surface area (TPSA) is 24.4 Å². The molecule has 0 fully saturated rings. The largest absolute Gasteiger partial charge is 0.417 e. The lowest BCUT2D eigenvalue weighted by Crippen LogP contribution is -2.08. The van der Waals surface area contributed by atoms with Gasteiger partial charge in [0, 0.05) is 5.56 Å². The molecule has 0 aromatic heterocycles. The van der Waals surface area contributed by atoms with E-state index in [9.17, 15) is 13.2 Å². The van der Waals surface area contributed by atoms with Crippen LogP contribution in [0.1, 0.15) is 16.7 Å². The van der Waals surface area contributed by atoms with Crippen LogP contribution in [0.3, 0.4) is 0 Å². The summed E-state index contributed by atoms with van der Waals surface area (Å²) in [4.78, 5) is 0. The van der Waals surface area contributed by atoms with E-state index in [-0.39, 0.29) is 5.56 Å². The fraction of sp³-hybridized carbons (Fsp3) is 0.133. The lowest BCUT2D eigenvalue weighted by molar-refractivity contribution is -0.137. The lowest BCUT2D eigenvalue weighted by atomic mass is 10.1. The minimum atomic E-state index is -4.38. The highest BCUT2D eigenvalue weighted by atomic mass is 19.4. The molecule has 0 aliphatic carbocycles. The third-order valence-electron chi connectivity index (χ3n) is 2.80. The second kappa shape index (κ2) is 5.77. The van der Waals surface area contributed by atoms with Crippen LogP contribution in [0.4, 0.5) is 18.9 Å². The highest BCUT2D eigenvalue weighted by Gasteiger charge is 2.32. The highest BCUT2D eigenvalue weighted by Crippen LogP contribution is 2.31. The summed E-state index contributed by atoms with van der Waals surface area (Å²) < 4.78 is 38.3. The Kier molecular flexibility index (Phi) is 4.08. The van der Waals surface area contributed by atoms with Crippen LogP contribution in [0.25, 0.3) is 0 Å². The Morgan fingerprint density at radius 2 is 1.65 bits per heavy atom. The average molecular weight is 278 g/mol. The molecule has 0 unspecified atom stereocenters. The first-order valence-corrected chi connectivity index (χ1v) is 5.99. The Bertz CT molecular complexity index is 619. The molecule has 104 valence electrons. The van der Waals surface area contributed by atoms with Crippen molar-refractivity contribution in [1.29, 1.82) is 0 Å². The van der Waals surface area contributed by atoms with Gasteiger partial charge in [0.1, 0.15) is 0 Å². The normalized spacial score (nSPS) is 11.8. The Balaban J connectivity index is 2.19. The molecule has 0 aliphatic heterocycles. The molecule has 0 bridgehead atoms. The van der Waals surface area contributed by atoms with Gasteiger partial charge in [-0.1, -0.05) is 36.4 Å². The number of alkyl halides is 3. The zero-order valence-electron chi connectivity index (χ0n) is 10.8. The van der Waals surface area contributed by atoms with E-state index in [0.29, 0.717) is 0 Å². The van der Waals surface area contributed by atoms with Crippen LogP contribution in [-0.2, 0) is 6.18 Å². The van der Waals surface area contributed by atoms with E-state index in [0.717, 1.165) is 17.3 Å². The van der Waals surface area contributed by atoms with Crippen molar-refractivity contribution in [3.05, 3.63) is 65.2 Å². The molecule has 2 nitrogen and oxygen atoms in total. The van der Waals surface area contributed by atoms with E-state index in [1.807, 2.05) is 31.2 Å². The summed E-state index contributed by atoms with van der Waals surface area (Å²) in [5, 5.41) is 3.87. The van der Waals surface area contributed by atoms with Crippen LogP contribution in [0.15, 0.2) is 53.6 Å². The minimum absolute atomic E-state index is 0.0288. The number of nitrogens with one attached hydrogen (secondary N) is 1. The van der Waals surface area contributed by atoms with Crippen molar-refractivity contribution in [2.45, 2.75) is 13.1 Å². The Hall–Kier alpha value is -2.30. The molecule has 0 radical (unpaired) electrons. The number of benzene rings is 2. The van der Waals surface area contributed by atoms with Crippen LogP contribution in [0.2, 0.25) is 0 Å². The van der Waals surface area contributed by atoms with Crippen molar-refractivity contribution < 1.29 is 13.2 Å². The molecule has 2 aromatic rings. The molecule has 1 N–H and O–H groups in total. The molecular weight excluding hydrogens is 265 g/mol. The first kappa shape index (κ1) is 14.1. The summed E-state index contributed by atoms with van der Waals surface area (Å²) in [6.07, 6.45) is -3.21. The number of halogens is 3. The molecule has 2 aromatic carbocycles. The fourth-order valence-electron chi connectivity index (χ4n) is 1.74. The van der Waals surface area contributed by atoms with Crippen molar-refractivity contribution in [2.75, 3.05) is 5.43 Å². The standard InChI is InChI=1S/C15H13F3N2/c1-11-6-2-5-9-14(11)20-19-10-12-7-3-4-8-13(12)15(16,17)18/h2-10,20H,1H3/b19-10-. The van der Waals surface area contributed by atoms with E-state index in [4.69, 9.17) is 0 Å². The van der Waals surface area contributed by atoms with Gasteiger partial charge in [-0.25, -0.2) is 0 Å². The van der Waals surface area contributed by atoms with Gasteiger partial charge >= 0.3 is 6.18 Å². The van der Waals surface area contributed by atoms with Crippen LogP contribution in [-0.4, -0.2) is 6.21 Å². The van der Waals surface area contributed by atoms with Crippen LogP contribution >= 0.6 is 0 Å². The van der Waals surface area contributed by atoms with Gasteiger partial charge in [-0.3, -0.25) is 5.43 Å². The van der Waals surface area contributed by atoms with Gasteiger partial charge < -0.3 is 0 Å². The van der Waals surface area contributed by atoms with Crippen molar-refractivity contribution in [2.24, 2.45) is 5.10 Å². The molecule has 0 heterocycles. The van der Waals surface area contributed by atoms with Gasteiger partial charge in [0.25, 0.3) is 0 Å². The summed E-state index contributed by atoms with van der Waals surface area (Å²) >= 11 is 0. The molecule has 0 spiro atoms. The molecule has 2 rings (SSSR count).